The van der Waals surface area contributed by atoms with Crippen LogP contribution in [0.3, 0.4) is 0 Å². The Labute approximate surface area is 146 Å². The maximum absolute atomic E-state index is 13.5. The van der Waals surface area contributed by atoms with E-state index in [1.807, 2.05) is 13.8 Å². The topological polar surface area (TPSA) is 71.1 Å². The van der Waals surface area contributed by atoms with Crippen LogP contribution in [0.5, 0.6) is 0 Å². The SMILES string of the molecule is CC(C)CNC(=O)c1cccc(C(=O)NCCc2ccccc2F)n1. The first kappa shape index (κ1) is 18.6. The molecule has 2 aromatic rings. The number of carbonyl (C=O) groups excluding carboxylic acids is 2. The Morgan fingerprint density at radius 3 is 2.28 bits per heavy atom. The molecule has 1 aromatic carbocycles. The molecular weight excluding hydrogens is 321 g/mol. The fourth-order valence-corrected chi connectivity index (χ4v) is 2.18. The second kappa shape index (κ2) is 8.92. The number of rotatable bonds is 7. The molecule has 0 aliphatic rings. The van der Waals surface area contributed by atoms with Crippen LogP contribution in [0.25, 0.3) is 0 Å². The van der Waals surface area contributed by atoms with Gasteiger partial charge in [-0.3, -0.25) is 9.59 Å². The van der Waals surface area contributed by atoms with Gasteiger partial charge in [0.05, 0.1) is 0 Å². The molecule has 2 rings (SSSR count). The van der Waals surface area contributed by atoms with Gasteiger partial charge in [-0.1, -0.05) is 38.1 Å². The maximum atomic E-state index is 13.5. The number of amides is 2. The Balaban J connectivity index is 1.92. The second-order valence-corrected chi connectivity index (χ2v) is 6.11. The fraction of sp³-hybridized carbons (Fsp3) is 0.316. The van der Waals surface area contributed by atoms with Crippen molar-refractivity contribution in [3.05, 3.63) is 65.2 Å². The number of hydrogen-bond acceptors (Lipinski definition) is 3. The molecule has 25 heavy (non-hydrogen) atoms. The number of benzene rings is 1. The normalized spacial score (nSPS) is 10.6. The summed E-state index contributed by atoms with van der Waals surface area (Å²) >= 11 is 0. The van der Waals surface area contributed by atoms with Crippen LogP contribution in [0.1, 0.15) is 40.4 Å². The van der Waals surface area contributed by atoms with Crippen molar-refractivity contribution in [2.75, 3.05) is 13.1 Å². The standard InChI is InChI=1S/C19H22FN3O2/c1-13(2)12-22-19(25)17-9-5-8-16(23-17)18(24)21-11-10-14-6-3-4-7-15(14)20/h3-9,13H,10-12H2,1-2H3,(H,21,24)(H,22,25). The minimum atomic E-state index is -0.394. The van der Waals surface area contributed by atoms with Gasteiger partial charge in [0.1, 0.15) is 17.2 Å². The molecule has 0 aliphatic carbocycles. The van der Waals surface area contributed by atoms with Gasteiger partial charge in [-0.15, -0.1) is 0 Å². The highest BCUT2D eigenvalue weighted by molar-refractivity contribution is 5.96. The lowest BCUT2D eigenvalue weighted by atomic mass is 10.1. The molecule has 0 spiro atoms. The van der Waals surface area contributed by atoms with E-state index in [-0.39, 0.29) is 29.7 Å². The number of pyridine rings is 1. The molecule has 6 heteroatoms. The van der Waals surface area contributed by atoms with Crippen molar-refractivity contribution >= 4 is 11.8 Å². The lowest BCUT2D eigenvalue weighted by molar-refractivity contribution is 0.0941. The zero-order valence-corrected chi connectivity index (χ0v) is 14.4. The summed E-state index contributed by atoms with van der Waals surface area (Å²) in [5, 5.41) is 5.45. The lowest BCUT2D eigenvalue weighted by Gasteiger charge is -2.09. The molecule has 0 radical (unpaired) electrons. The van der Waals surface area contributed by atoms with Crippen LogP contribution < -0.4 is 10.6 Å². The minimum Gasteiger partial charge on any atom is -0.350 e. The Bertz CT molecular complexity index is 747. The molecule has 0 aliphatic heterocycles. The molecule has 1 aromatic heterocycles. The van der Waals surface area contributed by atoms with Gasteiger partial charge >= 0.3 is 0 Å². The Hall–Kier alpha value is -2.76. The first-order valence-corrected chi connectivity index (χ1v) is 8.24. The molecule has 2 amide bonds. The third kappa shape index (κ3) is 5.67. The Morgan fingerprint density at radius 1 is 1.00 bits per heavy atom. The van der Waals surface area contributed by atoms with E-state index in [2.05, 4.69) is 15.6 Å². The maximum Gasteiger partial charge on any atom is 0.269 e. The van der Waals surface area contributed by atoms with Crippen molar-refractivity contribution in [1.29, 1.82) is 0 Å². The van der Waals surface area contributed by atoms with Crippen LogP contribution in [-0.4, -0.2) is 29.9 Å². The summed E-state index contributed by atoms with van der Waals surface area (Å²) in [6, 6.07) is 11.2. The van der Waals surface area contributed by atoms with E-state index in [0.717, 1.165) is 0 Å². The van der Waals surface area contributed by atoms with Crippen molar-refractivity contribution in [2.24, 2.45) is 5.92 Å². The highest BCUT2D eigenvalue weighted by atomic mass is 19.1. The average Bonchev–Trinajstić information content (AvgIpc) is 2.61. The second-order valence-electron chi connectivity index (χ2n) is 6.11. The monoisotopic (exact) mass is 343 g/mol. The quantitative estimate of drug-likeness (QED) is 0.812. The minimum absolute atomic E-state index is 0.158. The van der Waals surface area contributed by atoms with E-state index in [1.165, 1.54) is 12.1 Å². The number of nitrogens with zero attached hydrogens (tertiary/aromatic N) is 1. The van der Waals surface area contributed by atoms with E-state index in [1.54, 1.807) is 30.3 Å². The molecule has 132 valence electrons. The first-order valence-electron chi connectivity index (χ1n) is 8.24. The molecule has 1 heterocycles. The Kier molecular flexibility index (Phi) is 6.62. The van der Waals surface area contributed by atoms with Crippen LogP contribution >= 0.6 is 0 Å². The van der Waals surface area contributed by atoms with Gasteiger partial charge < -0.3 is 10.6 Å². The zero-order valence-electron chi connectivity index (χ0n) is 14.4. The van der Waals surface area contributed by atoms with Crippen molar-refractivity contribution in [2.45, 2.75) is 20.3 Å². The predicted molar refractivity (Wildman–Crippen MR) is 93.8 cm³/mol. The molecule has 2 N–H and O–H groups in total. The molecule has 0 atom stereocenters. The summed E-state index contributed by atoms with van der Waals surface area (Å²) in [6.45, 7) is 4.81. The van der Waals surface area contributed by atoms with E-state index in [9.17, 15) is 14.0 Å². The van der Waals surface area contributed by atoms with Crippen molar-refractivity contribution in [3.8, 4) is 0 Å². The number of halogens is 1. The zero-order chi connectivity index (χ0) is 18.2. The summed E-state index contributed by atoms with van der Waals surface area (Å²) in [7, 11) is 0. The molecule has 0 fully saturated rings. The summed E-state index contributed by atoms with van der Waals surface area (Å²) in [5.74, 6) is -0.669. The van der Waals surface area contributed by atoms with Gasteiger partial charge in [-0.05, 0) is 36.1 Å². The van der Waals surface area contributed by atoms with Gasteiger partial charge in [0.25, 0.3) is 11.8 Å². The van der Waals surface area contributed by atoms with Gasteiger partial charge in [0.15, 0.2) is 0 Å². The summed E-state index contributed by atoms with van der Waals surface area (Å²) in [4.78, 5) is 28.3. The highest BCUT2D eigenvalue weighted by Gasteiger charge is 2.12. The number of nitrogens with one attached hydrogen (secondary N) is 2. The van der Waals surface area contributed by atoms with Gasteiger partial charge in [0, 0.05) is 13.1 Å². The molecule has 0 bridgehead atoms. The Morgan fingerprint density at radius 2 is 1.64 bits per heavy atom. The third-order valence-electron chi connectivity index (χ3n) is 3.52. The van der Waals surface area contributed by atoms with Crippen LogP contribution in [-0.2, 0) is 6.42 Å². The van der Waals surface area contributed by atoms with Crippen LogP contribution in [0, 0.1) is 11.7 Å². The van der Waals surface area contributed by atoms with E-state index < -0.39 is 5.91 Å². The van der Waals surface area contributed by atoms with E-state index in [0.29, 0.717) is 24.4 Å². The summed E-state index contributed by atoms with van der Waals surface area (Å²) in [5.41, 5.74) is 0.894. The van der Waals surface area contributed by atoms with Gasteiger partial charge in [-0.25, -0.2) is 9.37 Å². The van der Waals surface area contributed by atoms with Crippen LogP contribution in [0.15, 0.2) is 42.5 Å². The van der Waals surface area contributed by atoms with Crippen molar-refractivity contribution in [3.63, 3.8) is 0 Å². The average molecular weight is 343 g/mol. The van der Waals surface area contributed by atoms with Crippen LogP contribution in [0.2, 0.25) is 0 Å². The number of carbonyl (C=O) groups is 2. The number of aromatic nitrogens is 1. The molecule has 0 saturated carbocycles. The van der Waals surface area contributed by atoms with Crippen LogP contribution in [0.4, 0.5) is 4.39 Å². The first-order chi connectivity index (χ1) is 12.0. The molecular formula is C19H22FN3O2. The highest BCUT2D eigenvalue weighted by Crippen LogP contribution is 2.06. The van der Waals surface area contributed by atoms with Gasteiger partial charge in [0.2, 0.25) is 0 Å². The third-order valence-corrected chi connectivity index (χ3v) is 3.52. The summed E-state index contributed by atoms with van der Waals surface area (Å²) in [6.07, 6.45) is 0.382. The predicted octanol–water partition coefficient (Wildman–Crippen LogP) is 2.58. The van der Waals surface area contributed by atoms with Crippen molar-refractivity contribution in [1.82, 2.24) is 15.6 Å². The van der Waals surface area contributed by atoms with E-state index in [4.69, 9.17) is 0 Å². The molecule has 0 saturated heterocycles. The van der Waals surface area contributed by atoms with Gasteiger partial charge in [-0.2, -0.15) is 0 Å². The number of hydrogen-bond donors (Lipinski definition) is 2. The van der Waals surface area contributed by atoms with E-state index >= 15 is 0 Å². The van der Waals surface area contributed by atoms with Crippen molar-refractivity contribution < 1.29 is 14.0 Å². The molecule has 0 unspecified atom stereocenters. The fourth-order valence-electron chi connectivity index (χ4n) is 2.18. The molecule has 5 nitrogen and oxygen atoms in total. The summed E-state index contributed by atoms with van der Waals surface area (Å²) < 4.78 is 13.5. The largest absolute Gasteiger partial charge is 0.350 e. The smallest absolute Gasteiger partial charge is 0.269 e. The lowest BCUT2D eigenvalue weighted by Crippen LogP contribution is -2.30.